The number of carbonyl (C=O) groups excluding carboxylic acids is 2. The summed E-state index contributed by atoms with van der Waals surface area (Å²) in [7, 11) is 0. The number of rotatable bonds is 18. The van der Waals surface area contributed by atoms with Gasteiger partial charge in [-0.2, -0.15) is 13.2 Å². The normalized spacial score (nSPS) is 26.9. The first-order chi connectivity index (χ1) is 32.1. The van der Waals surface area contributed by atoms with Crippen LogP contribution in [0.25, 0.3) is 22.3 Å². The molecule has 2 aromatic heterocycles. The maximum absolute atomic E-state index is 14.7. The Hall–Kier alpha value is -4.51. The number of hydrazine groups is 1. The van der Waals surface area contributed by atoms with E-state index in [-0.39, 0.29) is 56.3 Å². The van der Waals surface area contributed by atoms with Crippen molar-refractivity contribution in [2.75, 3.05) is 57.7 Å². The minimum absolute atomic E-state index is 0.0527. The summed E-state index contributed by atoms with van der Waals surface area (Å²) < 4.78 is 57.5. The second-order valence-electron chi connectivity index (χ2n) is 20.1. The summed E-state index contributed by atoms with van der Waals surface area (Å²) in [5, 5.41) is 38.7. The molecule has 0 bridgehead atoms. The molecular weight excluding hydrogens is 931 g/mol. The Labute approximate surface area is 402 Å². The first-order valence-electron chi connectivity index (χ1n) is 23.2. The van der Waals surface area contributed by atoms with E-state index in [2.05, 4.69) is 22.5 Å². The van der Waals surface area contributed by atoms with Crippen LogP contribution in [0, 0.1) is 28.4 Å². The SMILES string of the molecule is C=C[C@@H]1CC1(NC(=O)[C@@H]1CC(Oc2cc(-c3csc(NC(C)C)n3)nc3c(Cl)c(OCCN4CCN(CC(F)(F)F)CC4)ccc23)CN1N([O-])[C@@H](NC(=O)OC1C[C@@H]2C[C@@H]2C1)C(C)(C)C)C(=O)O. The minimum Gasteiger partial charge on any atom is -0.770 e. The largest absolute Gasteiger partial charge is 0.770 e. The van der Waals surface area contributed by atoms with Gasteiger partial charge in [-0.05, 0) is 68.9 Å². The number of ether oxygens (including phenoxy) is 3. The van der Waals surface area contributed by atoms with E-state index < -0.39 is 65.9 Å². The highest BCUT2D eigenvalue weighted by atomic mass is 35.5. The van der Waals surface area contributed by atoms with Crippen LogP contribution < -0.4 is 25.4 Å². The fraction of sp³-hybridized carbons (Fsp3) is 0.630. The lowest BCUT2D eigenvalue weighted by Crippen LogP contribution is -2.62. The van der Waals surface area contributed by atoms with Crippen LogP contribution in [-0.4, -0.2) is 148 Å². The molecule has 5 aliphatic rings. The number of hydroxylamine groups is 1. The number of thiazole rings is 1. The van der Waals surface area contributed by atoms with Crippen LogP contribution in [0.15, 0.2) is 36.2 Å². The topological polar surface area (TPSA) is 197 Å². The van der Waals surface area contributed by atoms with Crippen LogP contribution in [-0.2, 0) is 14.3 Å². The van der Waals surface area contributed by atoms with E-state index >= 15 is 0 Å². The minimum atomic E-state index is -4.25. The zero-order chi connectivity index (χ0) is 48.9. The first-order valence-corrected chi connectivity index (χ1v) is 24.4. The third-order valence-electron chi connectivity index (χ3n) is 13.4. The molecule has 2 aliphatic heterocycles. The van der Waals surface area contributed by atoms with E-state index in [0.717, 1.165) is 19.3 Å². The van der Waals surface area contributed by atoms with Crippen molar-refractivity contribution in [3.05, 3.63) is 46.5 Å². The number of aliphatic carboxylic acids is 1. The molecule has 5 fully saturated rings. The Balaban J connectivity index is 1.06. The number of carbonyl (C=O) groups is 3. The van der Waals surface area contributed by atoms with Gasteiger partial charge in [-0.1, -0.05) is 38.4 Å². The van der Waals surface area contributed by atoms with E-state index in [1.54, 1.807) is 39.0 Å². The van der Waals surface area contributed by atoms with Crippen molar-refractivity contribution < 1.29 is 46.9 Å². The Morgan fingerprint density at radius 2 is 1.75 bits per heavy atom. The maximum atomic E-state index is 14.7. The molecule has 3 aliphatic carbocycles. The molecule has 17 nitrogen and oxygen atoms in total. The number of hydrogen-bond donors (Lipinski definition) is 4. The number of piperazine rings is 1. The molecule has 2 amide bonds. The Kier molecular flexibility index (Phi) is 14.5. The van der Waals surface area contributed by atoms with Gasteiger partial charge in [0.1, 0.15) is 52.6 Å². The number of anilines is 1. The number of nitrogens with zero attached hydrogens (tertiary/aromatic N) is 6. The van der Waals surface area contributed by atoms with Crippen molar-refractivity contribution in [3.8, 4) is 22.9 Å². The van der Waals surface area contributed by atoms with Crippen LogP contribution in [0.1, 0.15) is 66.7 Å². The van der Waals surface area contributed by atoms with Gasteiger partial charge in [0, 0.05) is 67.9 Å². The van der Waals surface area contributed by atoms with Crippen molar-refractivity contribution in [2.45, 2.75) is 109 Å². The fourth-order valence-corrected chi connectivity index (χ4v) is 10.7. The number of carboxylic acid groups (broad SMARTS) is 1. The molecule has 372 valence electrons. The molecule has 22 heteroatoms. The van der Waals surface area contributed by atoms with Gasteiger partial charge in [-0.25, -0.2) is 24.6 Å². The average Bonchev–Trinajstić information content (AvgIpc) is 3.93. The van der Waals surface area contributed by atoms with E-state index in [9.17, 15) is 37.9 Å². The Morgan fingerprint density at radius 3 is 2.38 bits per heavy atom. The van der Waals surface area contributed by atoms with Crippen LogP contribution in [0.2, 0.25) is 5.02 Å². The van der Waals surface area contributed by atoms with E-state index in [0.29, 0.717) is 75.6 Å². The molecule has 0 radical (unpaired) electrons. The lowest BCUT2D eigenvalue weighted by Gasteiger charge is -2.50. The number of pyridine rings is 1. The number of amides is 2. The number of hydrogen-bond acceptors (Lipinski definition) is 15. The lowest BCUT2D eigenvalue weighted by atomic mass is 9.92. The summed E-state index contributed by atoms with van der Waals surface area (Å²) >= 11 is 8.47. The van der Waals surface area contributed by atoms with E-state index in [4.69, 9.17) is 35.8 Å². The van der Waals surface area contributed by atoms with E-state index in [1.165, 1.54) is 27.3 Å². The monoisotopic (exact) mass is 990 g/mol. The molecule has 8 atom stereocenters. The highest BCUT2D eigenvalue weighted by molar-refractivity contribution is 7.14. The highest BCUT2D eigenvalue weighted by Crippen LogP contribution is 2.52. The van der Waals surface area contributed by atoms with E-state index in [1.807, 2.05) is 24.1 Å². The number of halogens is 4. The Morgan fingerprint density at radius 1 is 1.04 bits per heavy atom. The van der Waals surface area contributed by atoms with Crippen LogP contribution in [0.3, 0.4) is 0 Å². The maximum Gasteiger partial charge on any atom is 0.408 e. The summed E-state index contributed by atoms with van der Waals surface area (Å²) in [6.07, 6.45) is -3.02. The molecule has 4 N–H and O–H groups in total. The van der Waals surface area contributed by atoms with Gasteiger partial charge >= 0.3 is 18.2 Å². The molecule has 3 unspecified atom stereocenters. The Bertz CT molecular complexity index is 2350. The molecule has 4 heterocycles. The molecule has 3 saturated carbocycles. The average molecular weight is 992 g/mol. The van der Waals surface area contributed by atoms with Crippen molar-refractivity contribution >= 4 is 56.9 Å². The molecule has 3 aromatic rings. The third-order valence-corrected chi connectivity index (χ3v) is 14.6. The van der Waals surface area contributed by atoms with Gasteiger partial charge in [0.15, 0.2) is 5.13 Å². The lowest BCUT2D eigenvalue weighted by molar-refractivity contribution is -0.149. The standard InChI is InChI=1S/C46H60ClF3N9O8S/c1-7-28-21-45(28,41(61)62)55-39(60)34-19-30(22-58(34)59(64)40(44(4,5)6)54-43(63)67-29-17-26-16-27(26)18-29)66-36-20-32(33-23-68-42(53-33)51-25(2)3)52-38-31(36)8-9-35(37(38)47)65-15-14-56-10-12-57(13-11-56)24-46(48,49)50/h7-9,20,23,25-30,34,40H,1,10-19,21-22,24H2,2-6H3,(H,51,53)(H,54,63)(H,55,60)(H,61,62)/q-1/t26-,27+,28-,29?,30?,34+,40-,45?/m1/s1. The number of fused-ring (bicyclic) bond motifs is 2. The number of alkyl carbamates (subject to hydrolysis) is 1. The predicted molar refractivity (Wildman–Crippen MR) is 250 cm³/mol. The summed E-state index contributed by atoms with van der Waals surface area (Å²) in [4.78, 5) is 53.3. The molecule has 8 rings (SSSR count). The van der Waals surface area contributed by atoms with Crippen LogP contribution in [0.5, 0.6) is 11.5 Å². The second-order valence-corrected chi connectivity index (χ2v) is 21.3. The number of alkyl halides is 3. The summed E-state index contributed by atoms with van der Waals surface area (Å²) in [6.45, 7) is 14.1. The van der Waals surface area contributed by atoms with Gasteiger partial charge < -0.3 is 40.5 Å². The molecule has 68 heavy (non-hydrogen) atoms. The predicted octanol–water partition coefficient (Wildman–Crippen LogP) is 6.97. The van der Waals surface area contributed by atoms with Crippen molar-refractivity contribution in [1.82, 2.24) is 40.6 Å². The number of nitrogens with one attached hydrogen (secondary N) is 3. The summed E-state index contributed by atoms with van der Waals surface area (Å²) in [5.74, 6) is -0.677. The molecule has 1 aromatic carbocycles. The zero-order valence-corrected chi connectivity index (χ0v) is 40.4. The second kappa shape index (κ2) is 19.7. The smallest absolute Gasteiger partial charge is 0.408 e. The van der Waals surface area contributed by atoms with Gasteiger partial charge in [-0.3, -0.25) is 19.8 Å². The van der Waals surface area contributed by atoms with Crippen molar-refractivity contribution in [2.24, 2.45) is 23.2 Å². The number of benzene rings is 1. The van der Waals surface area contributed by atoms with Gasteiger partial charge in [0.05, 0.1) is 30.5 Å². The molecular formula is C46H60ClF3N9O8S-. The molecule has 0 spiro atoms. The van der Waals surface area contributed by atoms with Gasteiger partial charge in [0.2, 0.25) is 5.91 Å². The van der Waals surface area contributed by atoms with Crippen molar-refractivity contribution in [1.29, 1.82) is 0 Å². The summed E-state index contributed by atoms with van der Waals surface area (Å²) in [6, 6.07) is 4.00. The fourth-order valence-electron chi connectivity index (χ4n) is 9.59. The van der Waals surface area contributed by atoms with Crippen LogP contribution >= 0.6 is 22.9 Å². The van der Waals surface area contributed by atoms with Gasteiger partial charge in [-0.15, -0.1) is 17.9 Å². The number of aromatic nitrogens is 2. The first kappa shape index (κ1) is 49.9. The highest BCUT2D eigenvalue weighted by Gasteiger charge is 2.61. The molecule has 2 saturated heterocycles. The van der Waals surface area contributed by atoms with Gasteiger partial charge in [0.25, 0.3) is 0 Å². The van der Waals surface area contributed by atoms with Crippen LogP contribution in [0.4, 0.5) is 23.1 Å². The van der Waals surface area contributed by atoms with Crippen molar-refractivity contribution in [3.63, 3.8) is 0 Å². The zero-order valence-electron chi connectivity index (χ0n) is 38.8. The number of carboxylic acids is 1. The summed E-state index contributed by atoms with van der Waals surface area (Å²) in [5.41, 5.74) is -1.20. The third kappa shape index (κ3) is 11.4. The quantitative estimate of drug-likeness (QED) is 0.0579.